The molecule has 0 aromatic heterocycles. The third-order valence-corrected chi connectivity index (χ3v) is 4.63. The third kappa shape index (κ3) is 6.96. The highest BCUT2D eigenvalue weighted by atomic mass is 19.4. The molecular formula is C24H21F4N3O3. The molecule has 0 unspecified atom stereocenters. The fraction of sp³-hybridized carbons (Fsp3) is 0.167. The van der Waals surface area contributed by atoms with Crippen molar-refractivity contribution >= 4 is 23.2 Å². The maximum Gasteiger partial charge on any atom is 0.405 e. The van der Waals surface area contributed by atoms with Crippen LogP contribution in [0.5, 0.6) is 11.5 Å². The minimum Gasteiger partial charge on any atom is -0.455 e. The van der Waals surface area contributed by atoms with Gasteiger partial charge in [0.05, 0.1) is 12.2 Å². The van der Waals surface area contributed by atoms with Crippen molar-refractivity contribution in [1.29, 1.82) is 0 Å². The second-order valence-corrected chi connectivity index (χ2v) is 7.24. The largest absolute Gasteiger partial charge is 0.455 e. The van der Waals surface area contributed by atoms with Gasteiger partial charge in [-0.25, -0.2) is 4.39 Å². The summed E-state index contributed by atoms with van der Waals surface area (Å²) in [5, 5.41) is 7.09. The molecule has 0 bridgehead atoms. The molecule has 0 atom stereocenters. The highest BCUT2D eigenvalue weighted by Gasteiger charge is 2.28. The maximum atomic E-state index is 14.2. The lowest BCUT2D eigenvalue weighted by atomic mass is 10.1. The Morgan fingerprint density at radius 1 is 0.941 bits per heavy atom. The van der Waals surface area contributed by atoms with Crippen LogP contribution < -0.4 is 20.7 Å². The second kappa shape index (κ2) is 10.7. The average molecular weight is 475 g/mol. The Bertz CT molecular complexity index is 1170. The van der Waals surface area contributed by atoms with E-state index in [1.54, 1.807) is 53.8 Å². The Morgan fingerprint density at radius 2 is 1.62 bits per heavy atom. The van der Waals surface area contributed by atoms with Gasteiger partial charge in [0.2, 0.25) is 5.91 Å². The van der Waals surface area contributed by atoms with Crippen molar-refractivity contribution in [2.45, 2.75) is 13.1 Å². The van der Waals surface area contributed by atoms with Gasteiger partial charge in [0.25, 0.3) is 5.91 Å². The van der Waals surface area contributed by atoms with Gasteiger partial charge in [-0.15, -0.1) is 0 Å². The fourth-order valence-corrected chi connectivity index (χ4v) is 2.92. The standard InChI is InChI=1S/C24H21F4N3O3/c1-15-18(25)11-16(23(33)30-14-24(26,27)28)12-20(15)29-13-22(32)31-19-9-5-6-10-21(19)34-17-7-3-2-4-8-17/h2-12,29H,13-14H2,1H3,(H,30,33)(H,31,32). The van der Waals surface area contributed by atoms with E-state index in [0.717, 1.165) is 6.07 Å². The number of benzene rings is 3. The Morgan fingerprint density at radius 3 is 2.32 bits per heavy atom. The second-order valence-electron chi connectivity index (χ2n) is 7.24. The predicted octanol–water partition coefficient (Wildman–Crippen LogP) is 5.27. The van der Waals surface area contributed by atoms with Crippen molar-refractivity contribution in [2.75, 3.05) is 23.7 Å². The number of hydrogen-bond acceptors (Lipinski definition) is 4. The van der Waals surface area contributed by atoms with Crippen molar-refractivity contribution in [3.8, 4) is 11.5 Å². The molecule has 178 valence electrons. The fourth-order valence-electron chi connectivity index (χ4n) is 2.92. The van der Waals surface area contributed by atoms with Gasteiger partial charge in [-0.1, -0.05) is 30.3 Å². The highest BCUT2D eigenvalue weighted by molar-refractivity contribution is 5.97. The number of halogens is 4. The van der Waals surface area contributed by atoms with Crippen LogP contribution in [0.3, 0.4) is 0 Å². The number of carbonyl (C=O) groups excluding carboxylic acids is 2. The van der Waals surface area contributed by atoms with E-state index < -0.39 is 30.4 Å². The summed E-state index contributed by atoms with van der Waals surface area (Å²) >= 11 is 0. The number of carbonyl (C=O) groups is 2. The zero-order valence-corrected chi connectivity index (χ0v) is 18.0. The molecule has 0 aliphatic carbocycles. The number of hydrogen-bond donors (Lipinski definition) is 3. The number of para-hydroxylation sites is 3. The third-order valence-electron chi connectivity index (χ3n) is 4.63. The van der Waals surface area contributed by atoms with Gasteiger partial charge in [0.15, 0.2) is 5.75 Å². The monoisotopic (exact) mass is 475 g/mol. The van der Waals surface area contributed by atoms with E-state index in [-0.39, 0.29) is 23.4 Å². The normalized spacial score (nSPS) is 11.0. The molecule has 0 heterocycles. The van der Waals surface area contributed by atoms with E-state index >= 15 is 0 Å². The lowest BCUT2D eigenvalue weighted by molar-refractivity contribution is -0.123. The van der Waals surface area contributed by atoms with E-state index in [9.17, 15) is 27.2 Å². The van der Waals surface area contributed by atoms with E-state index in [1.807, 2.05) is 6.07 Å². The summed E-state index contributed by atoms with van der Waals surface area (Å²) < 4.78 is 57.1. The topological polar surface area (TPSA) is 79.5 Å². The summed E-state index contributed by atoms with van der Waals surface area (Å²) in [5.74, 6) is -1.39. The molecule has 6 nitrogen and oxygen atoms in total. The summed E-state index contributed by atoms with van der Waals surface area (Å²) in [6, 6.07) is 17.8. The molecule has 0 radical (unpaired) electrons. The number of ether oxygens (including phenoxy) is 1. The van der Waals surface area contributed by atoms with Crippen LogP contribution in [-0.2, 0) is 4.79 Å². The van der Waals surface area contributed by atoms with Crippen LogP contribution in [0.25, 0.3) is 0 Å². The van der Waals surface area contributed by atoms with Crippen molar-refractivity contribution in [3.05, 3.63) is 83.7 Å². The van der Waals surface area contributed by atoms with E-state index in [4.69, 9.17) is 4.74 Å². The summed E-state index contributed by atoms with van der Waals surface area (Å²) in [6.07, 6.45) is -4.60. The number of rotatable bonds is 8. The van der Waals surface area contributed by atoms with E-state index in [1.165, 1.54) is 13.0 Å². The van der Waals surface area contributed by atoms with Gasteiger partial charge in [0.1, 0.15) is 18.1 Å². The molecule has 10 heteroatoms. The van der Waals surface area contributed by atoms with Gasteiger partial charge in [-0.05, 0) is 43.3 Å². The molecule has 0 aliphatic rings. The molecule has 34 heavy (non-hydrogen) atoms. The molecule has 3 N–H and O–H groups in total. The first-order valence-corrected chi connectivity index (χ1v) is 10.1. The van der Waals surface area contributed by atoms with Crippen LogP contribution in [0.2, 0.25) is 0 Å². The molecule has 0 spiro atoms. The van der Waals surface area contributed by atoms with Crippen molar-refractivity contribution < 1.29 is 31.9 Å². The van der Waals surface area contributed by atoms with Gasteiger partial charge >= 0.3 is 6.18 Å². The van der Waals surface area contributed by atoms with Gasteiger partial charge in [0, 0.05) is 16.8 Å². The predicted molar refractivity (Wildman–Crippen MR) is 120 cm³/mol. The number of amides is 2. The minimum atomic E-state index is -4.60. The molecular weight excluding hydrogens is 454 g/mol. The van der Waals surface area contributed by atoms with Crippen LogP contribution >= 0.6 is 0 Å². The Hall–Kier alpha value is -4.08. The average Bonchev–Trinajstić information content (AvgIpc) is 2.80. The lowest BCUT2D eigenvalue weighted by Gasteiger charge is -2.15. The highest BCUT2D eigenvalue weighted by Crippen LogP contribution is 2.29. The SMILES string of the molecule is Cc1c(F)cc(C(=O)NCC(F)(F)F)cc1NCC(=O)Nc1ccccc1Oc1ccccc1. The number of nitrogens with one attached hydrogen (secondary N) is 3. The Labute approximate surface area is 192 Å². The first-order valence-electron chi connectivity index (χ1n) is 10.1. The molecule has 0 aliphatic heterocycles. The smallest absolute Gasteiger partial charge is 0.405 e. The molecule has 0 fully saturated rings. The van der Waals surface area contributed by atoms with Crippen molar-refractivity contribution in [3.63, 3.8) is 0 Å². The Balaban J connectivity index is 1.66. The van der Waals surface area contributed by atoms with Crippen LogP contribution in [0, 0.1) is 12.7 Å². The molecule has 3 rings (SSSR count). The summed E-state index contributed by atoms with van der Waals surface area (Å²) in [4.78, 5) is 24.5. The Kier molecular flexibility index (Phi) is 7.72. The molecule has 3 aromatic carbocycles. The van der Waals surface area contributed by atoms with Crippen LogP contribution in [-0.4, -0.2) is 31.1 Å². The zero-order chi connectivity index (χ0) is 24.7. The van der Waals surface area contributed by atoms with E-state index in [0.29, 0.717) is 17.2 Å². The van der Waals surface area contributed by atoms with Gasteiger partial charge < -0.3 is 20.7 Å². The van der Waals surface area contributed by atoms with Gasteiger partial charge in [-0.3, -0.25) is 9.59 Å². The summed E-state index contributed by atoms with van der Waals surface area (Å²) in [7, 11) is 0. The van der Waals surface area contributed by atoms with Crippen LogP contribution in [0.4, 0.5) is 28.9 Å². The first-order chi connectivity index (χ1) is 16.1. The molecule has 0 saturated carbocycles. The molecule has 0 saturated heterocycles. The van der Waals surface area contributed by atoms with Crippen LogP contribution in [0.15, 0.2) is 66.7 Å². The number of alkyl halides is 3. The zero-order valence-electron chi connectivity index (χ0n) is 18.0. The number of anilines is 2. The quantitative estimate of drug-likeness (QED) is 0.388. The van der Waals surface area contributed by atoms with Crippen LogP contribution in [0.1, 0.15) is 15.9 Å². The van der Waals surface area contributed by atoms with E-state index in [2.05, 4.69) is 10.6 Å². The molecule has 3 aromatic rings. The summed E-state index contributed by atoms with van der Waals surface area (Å²) in [6.45, 7) is -0.430. The van der Waals surface area contributed by atoms with Crippen molar-refractivity contribution in [2.24, 2.45) is 0 Å². The van der Waals surface area contributed by atoms with Crippen molar-refractivity contribution in [1.82, 2.24) is 5.32 Å². The summed E-state index contributed by atoms with van der Waals surface area (Å²) in [5.41, 5.74) is 0.298. The minimum absolute atomic E-state index is 0.0983. The maximum absolute atomic E-state index is 14.2. The molecule has 2 amide bonds. The lowest BCUT2D eigenvalue weighted by Crippen LogP contribution is -2.33. The first kappa shape index (κ1) is 24.6. The van der Waals surface area contributed by atoms with Gasteiger partial charge in [-0.2, -0.15) is 13.2 Å².